The predicted octanol–water partition coefficient (Wildman–Crippen LogP) is 3.90. The molecule has 0 saturated heterocycles. The summed E-state index contributed by atoms with van der Waals surface area (Å²) in [5, 5.41) is 0. The molecule has 0 amide bonds. The van der Waals surface area contributed by atoms with Crippen LogP contribution in [-0.2, 0) is 9.60 Å². The van der Waals surface area contributed by atoms with Gasteiger partial charge in [-0.15, -0.1) is 0 Å². The van der Waals surface area contributed by atoms with E-state index in [9.17, 15) is 0 Å². The topological polar surface area (TPSA) is 0 Å². The van der Waals surface area contributed by atoms with Crippen molar-refractivity contribution in [3.8, 4) is 0 Å². The first kappa shape index (κ1) is 11.9. The number of hydrogen-bond donors (Lipinski definition) is 0. The second-order valence-electron chi connectivity index (χ2n) is 0.583. The Kier molecular flexibility index (Phi) is 4.78. The SMILES string of the molecule is [CH3-].[Cl][W]([Cl])([Cl])([Cl])[Cl]. The molecule has 6 heteroatoms. The fraction of sp³-hybridized carbons (Fsp3) is 0. The first-order chi connectivity index (χ1) is 2.24. The zero-order valence-corrected chi connectivity index (χ0v) is 10.0. The van der Waals surface area contributed by atoms with Crippen molar-refractivity contribution in [2.75, 3.05) is 0 Å². The molecular weight excluding hydrogens is 373 g/mol. The second-order valence-corrected chi connectivity index (χ2v) is 43.0. The molecular formula is CH3Cl5W-. The summed E-state index contributed by atoms with van der Waals surface area (Å²) in [6.07, 6.45) is 0. The average molecular weight is 376 g/mol. The number of rotatable bonds is 0. The van der Waals surface area contributed by atoms with Crippen LogP contribution < -0.4 is 0 Å². The first-order valence-electron chi connectivity index (χ1n) is 0.772. The Balaban J connectivity index is 0. The van der Waals surface area contributed by atoms with Crippen LogP contribution in [0.1, 0.15) is 0 Å². The van der Waals surface area contributed by atoms with E-state index in [2.05, 4.69) is 0 Å². The van der Waals surface area contributed by atoms with E-state index in [0.717, 1.165) is 0 Å². The summed E-state index contributed by atoms with van der Waals surface area (Å²) in [6, 6.07) is 0. The predicted molar refractivity (Wildman–Crippen MR) is 35.7 cm³/mol. The molecule has 0 saturated carbocycles. The molecule has 0 unspecified atom stereocenters. The van der Waals surface area contributed by atoms with E-state index < -0.39 is 9.60 Å². The molecule has 49 valence electrons. The molecule has 0 aliphatic heterocycles. The van der Waals surface area contributed by atoms with Crippen LogP contribution >= 0.6 is 47.1 Å². The summed E-state index contributed by atoms with van der Waals surface area (Å²) >= 11 is 0. The quantitative estimate of drug-likeness (QED) is 0.563. The molecule has 0 N–H and O–H groups in total. The van der Waals surface area contributed by atoms with E-state index in [4.69, 9.17) is 47.1 Å². The molecule has 0 aromatic carbocycles. The third-order valence-corrected chi connectivity index (χ3v) is 0. The van der Waals surface area contributed by atoms with Crippen LogP contribution in [0.5, 0.6) is 0 Å². The molecule has 0 nitrogen and oxygen atoms in total. The third-order valence-electron chi connectivity index (χ3n) is 0. The molecule has 0 radical (unpaired) electrons. The van der Waals surface area contributed by atoms with Gasteiger partial charge in [-0.25, -0.2) is 0 Å². The average Bonchev–Trinajstić information content (AvgIpc) is 0.650. The van der Waals surface area contributed by atoms with Gasteiger partial charge in [0.05, 0.1) is 0 Å². The van der Waals surface area contributed by atoms with Crippen LogP contribution in [0, 0.1) is 7.43 Å². The molecule has 0 heterocycles. The maximum absolute atomic E-state index is 5.06. The van der Waals surface area contributed by atoms with Crippen molar-refractivity contribution in [3.05, 3.63) is 7.43 Å². The van der Waals surface area contributed by atoms with Gasteiger partial charge >= 0.3 is 56.7 Å². The summed E-state index contributed by atoms with van der Waals surface area (Å²) in [5.41, 5.74) is 0. The Labute approximate surface area is 63.5 Å². The molecule has 0 aliphatic carbocycles. The molecule has 0 bridgehead atoms. The minimum absolute atomic E-state index is 0. The van der Waals surface area contributed by atoms with Crippen molar-refractivity contribution < 1.29 is 9.60 Å². The Bertz CT molecular complexity index is 41.3. The molecule has 0 aromatic heterocycles. The van der Waals surface area contributed by atoms with Crippen LogP contribution in [0.3, 0.4) is 0 Å². The monoisotopic (exact) mass is 374 g/mol. The van der Waals surface area contributed by atoms with Gasteiger partial charge in [0.15, 0.2) is 0 Å². The van der Waals surface area contributed by atoms with E-state index >= 15 is 0 Å². The zero-order chi connectivity index (χ0) is 5.45. The fourth-order valence-corrected chi connectivity index (χ4v) is 0. The van der Waals surface area contributed by atoms with Gasteiger partial charge in [0, 0.05) is 0 Å². The number of halogens is 5. The van der Waals surface area contributed by atoms with Gasteiger partial charge in [0.1, 0.15) is 0 Å². The van der Waals surface area contributed by atoms with Gasteiger partial charge in [-0.1, -0.05) is 0 Å². The molecule has 7 heavy (non-hydrogen) atoms. The van der Waals surface area contributed by atoms with Gasteiger partial charge in [0.25, 0.3) is 0 Å². The molecule has 0 fully saturated rings. The Hall–Kier alpha value is 2.14. The molecule has 0 aromatic rings. The van der Waals surface area contributed by atoms with Crippen molar-refractivity contribution in [3.63, 3.8) is 0 Å². The number of hydrogen-bond acceptors (Lipinski definition) is 0. The first-order valence-corrected chi connectivity index (χ1v) is 18.9. The van der Waals surface area contributed by atoms with Crippen LogP contribution in [0.25, 0.3) is 0 Å². The van der Waals surface area contributed by atoms with Gasteiger partial charge in [0.2, 0.25) is 0 Å². The maximum atomic E-state index is 5.06. The summed E-state index contributed by atoms with van der Waals surface area (Å²) in [4.78, 5) is 0. The van der Waals surface area contributed by atoms with E-state index in [1.807, 2.05) is 0 Å². The molecule has 0 aliphatic rings. The van der Waals surface area contributed by atoms with E-state index in [1.54, 1.807) is 0 Å². The van der Waals surface area contributed by atoms with Crippen molar-refractivity contribution in [2.24, 2.45) is 0 Å². The van der Waals surface area contributed by atoms with Crippen molar-refractivity contribution in [1.82, 2.24) is 0 Å². The summed E-state index contributed by atoms with van der Waals surface area (Å²) < 4.78 is 0. The summed E-state index contributed by atoms with van der Waals surface area (Å²) in [5.74, 6) is 0. The zero-order valence-electron chi connectivity index (χ0n) is 3.30. The summed E-state index contributed by atoms with van der Waals surface area (Å²) in [6.45, 7) is 0. The summed E-state index contributed by atoms with van der Waals surface area (Å²) in [7, 11) is 20.9. The standard InChI is InChI=1S/CH3.5ClH.W/h1H3;5*1H;/q-1;;;;;;+5/p-5. The Morgan fingerprint density at radius 3 is 0.714 bits per heavy atom. The molecule has 0 spiro atoms. The van der Waals surface area contributed by atoms with Gasteiger partial charge in [-0.2, -0.15) is 0 Å². The fourth-order valence-electron chi connectivity index (χ4n) is 0. The van der Waals surface area contributed by atoms with Crippen molar-refractivity contribution in [2.45, 2.75) is 0 Å². The van der Waals surface area contributed by atoms with E-state index in [-0.39, 0.29) is 7.43 Å². The minimum atomic E-state index is -4.39. The molecule has 0 atom stereocenters. The Morgan fingerprint density at radius 1 is 0.714 bits per heavy atom. The van der Waals surface area contributed by atoms with Crippen LogP contribution in [0.2, 0.25) is 0 Å². The van der Waals surface area contributed by atoms with E-state index in [1.165, 1.54) is 0 Å². The second kappa shape index (κ2) is 2.81. The van der Waals surface area contributed by atoms with Crippen molar-refractivity contribution >= 4 is 47.1 Å². The van der Waals surface area contributed by atoms with Gasteiger partial charge < -0.3 is 7.43 Å². The molecule has 0 rings (SSSR count). The van der Waals surface area contributed by atoms with Crippen LogP contribution in [0.15, 0.2) is 0 Å². The Morgan fingerprint density at radius 2 is 0.714 bits per heavy atom. The van der Waals surface area contributed by atoms with E-state index in [0.29, 0.717) is 0 Å². The normalized spacial score (nSPS) is 16.4. The third kappa shape index (κ3) is 67.1. The van der Waals surface area contributed by atoms with Gasteiger partial charge in [-0.3, -0.25) is 0 Å². The van der Waals surface area contributed by atoms with Crippen LogP contribution in [0.4, 0.5) is 0 Å². The van der Waals surface area contributed by atoms with Gasteiger partial charge in [-0.05, 0) is 0 Å². The van der Waals surface area contributed by atoms with Crippen molar-refractivity contribution in [1.29, 1.82) is 0 Å². The van der Waals surface area contributed by atoms with Crippen LogP contribution in [-0.4, -0.2) is 0 Å².